The predicted molar refractivity (Wildman–Crippen MR) is 86.8 cm³/mol. The first-order valence-electron chi connectivity index (χ1n) is 7.11. The maximum Gasteiger partial charge on any atom is 0.248 e. The molecule has 3 rings (SSSR count). The smallest absolute Gasteiger partial charge is 0.248 e. The van der Waals surface area contributed by atoms with Crippen LogP contribution in [0.2, 0.25) is 0 Å². The van der Waals surface area contributed by atoms with E-state index in [9.17, 15) is 10.1 Å². The molecule has 0 fully saturated rings. The largest absolute Gasteiger partial charge is 0.366 e. The second-order valence-electron chi connectivity index (χ2n) is 5.42. The molecule has 0 atom stereocenters. The van der Waals surface area contributed by atoms with Gasteiger partial charge >= 0.3 is 0 Å². The van der Waals surface area contributed by atoms with Gasteiger partial charge in [-0.1, -0.05) is 0 Å². The Morgan fingerprint density at radius 1 is 1.26 bits per heavy atom. The second-order valence-corrected chi connectivity index (χ2v) is 5.42. The highest BCUT2D eigenvalue weighted by atomic mass is 16.1. The molecular formula is C18H14N4O. The normalized spacial score (nSPS) is 10.4. The molecule has 5 heteroatoms. The zero-order chi connectivity index (χ0) is 16.4. The molecule has 0 aliphatic rings. The topological polar surface area (TPSA) is 92.7 Å². The Bertz CT molecular complexity index is 957. The van der Waals surface area contributed by atoms with Crippen LogP contribution in [0.3, 0.4) is 0 Å². The Balaban J connectivity index is 2.05. The number of aromatic nitrogens is 2. The number of hydrogen-bond acceptors (Lipinski definition) is 4. The Morgan fingerprint density at radius 3 is 2.83 bits per heavy atom. The van der Waals surface area contributed by atoms with Crippen LogP contribution in [0.1, 0.15) is 32.7 Å². The molecule has 2 heterocycles. The fourth-order valence-corrected chi connectivity index (χ4v) is 2.55. The summed E-state index contributed by atoms with van der Waals surface area (Å²) in [7, 11) is 0. The number of carbonyl (C=O) groups excluding carboxylic acids is 1. The van der Waals surface area contributed by atoms with E-state index in [2.05, 4.69) is 16.0 Å². The molecule has 0 spiro atoms. The molecular weight excluding hydrogens is 288 g/mol. The summed E-state index contributed by atoms with van der Waals surface area (Å²) in [6.45, 7) is 1.96. The van der Waals surface area contributed by atoms with E-state index in [1.165, 1.54) is 0 Å². The molecule has 0 saturated carbocycles. The van der Waals surface area contributed by atoms with Crippen LogP contribution in [0.25, 0.3) is 10.9 Å². The highest BCUT2D eigenvalue weighted by Crippen LogP contribution is 2.21. The van der Waals surface area contributed by atoms with E-state index in [1.54, 1.807) is 24.5 Å². The maximum atomic E-state index is 11.3. The number of nitrogens with zero attached hydrogens (tertiary/aromatic N) is 3. The van der Waals surface area contributed by atoms with Gasteiger partial charge in [0.15, 0.2) is 0 Å². The van der Waals surface area contributed by atoms with Crippen molar-refractivity contribution in [2.45, 2.75) is 13.3 Å². The van der Waals surface area contributed by atoms with Gasteiger partial charge in [0.25, 0.3) is 0 Å². The van der Waals surface area contributed by atoms with E-state index in [1.807, 2.05) is 25.1 Å². The van der Waals surface area contributed by atoms with E-state index in [-0.39, 0.29) is 0 Å². The molecule has 0 unspecified atom stereocenters. The molecule has 112 valence electrons. The SMILES string of the molecule is Cc1cnc2c(C#N)cc(Cc3cc(C(N)=O)ccn3)cc2c1. The van der Waals surface area contributed by atoms with Gasteiger partial charge in [0.05, 0.1) is 11.1 Å². The van der Waals surface area contributed by atoms with Crippen LogP contribution in [0.4, 0.5) is 0 Å². The molecule has 0 bridgehead atoms. The fourth-order valence-electron chi connectivity index (χ4n) is 2.55. The lowest BCUT2D eigenvalue weighted by Crippen LogP contribution is -2.11. The average Bonchev–Trinajstić information content (AvgIpc) is 2.54. The number of rotatable bonds is 3. The molecule has 1 aromatic carbocycles. The van der Waals surface area contributed by atoms with Crippen LogP contribution in [0.5, 0.6) is 0 Å². The lowest BCUT2D eigenvalue weighted by molar-refractivity contribution is 0.1000. The minimum atomic E-state index is -0.482. The van der Waals surface area contributed by atoms with E-state index in [0.29, 0.717) is 23.1 Å². The third-order valence-electron chi connectivity index (χ3n) is 3.59. The highest BCUT2D eigenvalue weighted by molar-refractivity contribution is 5.92. The third-order valence-corrected chi connectivity index (χ3v) is 3.59. The molecule has 0 saturated heterocycles. The van der Waals surface area contributed by atoms with Crippen molar-refractivity contribution in [1.29, 1.82) is 5.26 Å². The van der Waals surface area contributed by atoms with Gasteiger partial charge in [-0.2, -0.15) is 5.26 Å². The second kappa shape index (κ2) is 5.85. The van der Waals surface area contributed by atoms with Gasteiger partial charge in [0, 0.05) is 35.5 Å². The maximum absolute atomic E-state index is 11.3. The van der Waals surface area contributed by atoms with Crippen LogP contribution in [0.15, 0.2) is 42.7 Å². The van der Waals surface area contributed by atoms with Gasteiger partial charge in [-0.15, -0.1) is 0 Å². The van der Waals surface area contributed by atoms with Gasteiger partial charge < -0.3 is 5.73 Å². The summed E-state index contributed by atoms with van der Waals surface area (Å²) >= 11 is 0. The van der Waals surface area contributed by atoms with Crippen molar-refractivity contribution in [2.75, 3.05) is 0 Å². The minimum Gasteiger partial charge on any atom is -0.366 e. The summed E-state index contributed by atoms with van der Waals surface area (Å²) in [6, 6.07) is 11.2. The molecule has 0 radical (unpaired) electrons. The number of benzene rings is 1. The van der Waals surface area contributed by atoms with Crippen LogP contribution >= 0.6 is 0 Å². The lowest BCUT2D eigenvalue weighted by atomic mass is 10.0. The fraction of sp³-hybridized carbons (Fsp3) is 0.111. The summed E-state index contributed by atoms with van der Waals surface area (Å²) in [6.07, 6.45) is 3.83. The summed E-state index contributed by atoms with van der Waals surface area (Å²) in [5, 5.41) is 10.3. The Labute approximate surface area is 133 Å². The van der Waals surface area contributed by atoms with E-state index in [0.717, 1.165) is 22.2 Å². The summed E-state index contributed by atoms with van der Waals surface area (Å²) in [4.78, 5) is 19.9. The molecule has 0 aliphatic heterocycles. The van der Waals surface area contributed by atoms with E-state index < -0.39 is 5.91 Å². The molecule has 0 aliphatic carbocycles. The van der Waals surface area contributed by atoms with Gasteiger partial charge in [-0.3, -0.25) is 14.8 Å². The van der Waals surface area contributed by atoms with Crippen LogP contribution < -0.4 is 5.73 Å². The van der Waals surface area contributed by atoms with Gasteiger partial charge in [0.2, 0.25) is 5.91 Å². The molecule has 1 amide bonds. The average molecular weight is 302 g/mol. The minimum absolute atomic E-state index is 0.425. The van der Waals surface area contributed by atoms with Crippen molar-refractivity contribution in [3.8, 4) is 6.07 Å². The van der Waals surface area contributed by atoms with E-state index >= 15 is 0 Å². The zero-order valence-corrected chi connectivity index (χ0v) is 12.6. The van der Waals surface area contributed by atoms with Crippen LogP contribution in [0, 0.1) is 18.3 Å². The quantitative estimate of drug-likeness (QED) is 0.804. The number of fused-ring (bicyclic) bond motifs is 1. The molecule has 5 nitrogen and oxygen atoms in total. The molecule has 23 heavy (non-hydrogen) atoms. The Hall–Kier alpha value is -3.26. The Morgan fingerprint density at radius 2 is 2.09 bits per heavy atom. The number of pyridine rings is 2. The summed E-state index contributed by atoms with van der Waals surface area (Å²) < 4.78 is 0. The van der Waals surface area contributed by atoms with Crippen molar-refractivity contribution in [3.63, 3.8) is 0 Å². The van der Waals surface area contributed by atoms with Crippen molar-refractivity contribution < 1.29 is 4.79 Å². The first-order valence-corrected chi connectivity index (χ1v) is 7.11. The number of hydrogen-bond donors (Lipinski definition) is 1. The number of aryl methyl sites for hydroxylation is 1. The standard InChI is InChI=1S/C18H14N4O/c1-11-4-14-5-12(6-15(9-19)17(14)22-10-11)7-16-8-13(18(20)23)2-3-21-16/h2-6,8,10H,7H2,1H3,(H2,20,23). The third kappa shape index (κ3) is 3.01. The number of nitrogens with two attached hydrogens (primary N) is 1. The number of carbonyl (C=O) groups is 1. The lowest BCUT2D eigenvalue weighted by Gasteiger charge is -2.07. The van der Waals surface area contributed by atoms with Gasteiger partial charge in [-0.05, 0) is 48.4 Å². The Kier molecular flexibility index (Phi) is 3.73. The number of nitriles is 1. The zero-order valence-electron chi connectivity index (χ0n) is 12.6. The molecule has 2 N–H and O–H groups in total. The highest BCUT2D eigenvalue weighted by Gasteiger charge is 2.08. The van der Waals surface area contributed by atoms with Crippen molar-refractivity contribution in [2.24, 2.45) is 5.73 Å². The van der Waals surface area contributed by atoms with Crippen LogP contribution in [-0.2, 0) is 6.42 Å². The van der Waals surface area contributed by atoms with Crippen molar-refractivity contribution in [3.05, 3.63) is 70.7 Å². The van der Waals surface area contributed by atoms with E-state index in [4.69, 9.17) is 5.73 Å². The molecule has 2 aromatic heterocycles. The number of amides is 1. The first kappa shape index (κ1) is 14.7. The number of primary amides is 1. The van der Waals surface area contributed by atoms with Crippen LogP contribution in [-0.4, -0.2) is 15.9 Å². The van der Waals surface area contributed by atoms with Gasteiger partial charge in [0.1, 0.15) is 6.07 Å². The van der Waals surface area contributed by atoms with Gasteiger partial charge in [-0.25, -0.2) is 0 Å². The summed E-state index contributed by atoms with van der Waals surface area (Å²) in [5.41, 5.74) is 9.65. The summed E-state index contributed by atoms with van der Waals surface area (Å²) in [5.74, 6) is -0.482. The molecule has 3 aromatic rings. The predicted octanol–water partition coefficient (Wildman–Crippen LogP) is 2.50. The first-order chi connectivity index (χ1) is 11.1. The monoisotopic (exact) mass is 302 g/mol. The van der Waals surface area contributed by atoms with Crippen molar-refractivity contribution >= 4 is 16.8 Å². The van der Waals surface area contributed by atoms with Crippen molar-refractivity contribution in [1.82, 2.24) is 9.97 Å².